The zero-order valence-corrected chi connectivity index (χ0v) is 14.4. The molecule has 2 aromatic carbocycles. The first-order valence-electron chi connectivity index (χ1n) is 8.37. The minimum absolute atomic E-state index is 0.0209. The molecule has 0 radical (unpaired) electrons. The van der Waals surface area contributed by atoms with Crippen LogP contribution in [0.4, 0.5) is 4.39 Å². The van der Waals surface area contributed by atoms with Crippen molar-refractivity contribution >= 4 is 11.9 Å². The van der Waals surface area contributed by atoms with Crippen molar-refractivity contribution in [1.29, 1.82) is 0 Å². The summed E-state index contributed by atoms with van der Waals surface area (Å²) in [5, 5.41) is 12.1. The number of benzene rings is 2. The number of ether oxygens (including phenoxy) is 1. The minimum atomic E-state index is -1.15. The van der Waals surface area contributed by atoms with Crippen molar-refractivity contribution in [3.8, 4) is 5.75 Å². The van der Waals surface area contributed by atoms with Gasteiger partial charge in [-0.2, -0.15) is 0 Å². The quantitative estimate of drug-likeness (QED) is 0.799. The first-order chi connectivity index (χ1) is 12.4. The molecule has 5 nitrogen and oxygen atoms in total. The lowest BCUT2D eigenvalue weighted by molar-refractivity contribution is -0.142. The summed E-state index contributed by atoms with van der Waals surface area (Å²) in [6, 6.07) is 11.9. The third kappa shape index (κ3) is 3.69. The number of aliphatic carboxylic acids is 1. The van der Waals surface area contributed by atoms with Gasteiger partial charge in [-0.3, -0.25) is 4.79 Å². The van der Waals surface area contributed by atoms with Gasteiger partial charge in [0, 0.05) is 6.42 Å². The second-order valence-electron chi connectivity index (χ2n) is 6.51. The fourth-order valence-electron chi connectivity index (χ4n) is 3.09. The first-order valence-corrected chi connectivity index (χ1v) is 8.37. The lowest BCUT2D eigenvalue weighted by Crippen LogP contribution is -2.46. The summed E-state index contributed by atoms with van der Waals surface area (Å²) in [6.07, 6.45) is 1.32. The van der Waals surface area contributed by atoms with Crippen LogP contribution >= 0.6 is 0 Å². The molecule has 0 unspecified atom stereocenters. The van der Waals surface area contributed by atoms with E-state index >= 15 is 0 Å². The first kappa shape index (κ1) is 17.9. The normalized spacial score (nSPS) is 15.8. The van der Waals surface area contributed by atoms with Crippen LogP contribution in [0.3, 0.4) is 0 Å². The second kappa shape index (κ2) is 7.15. The Kier molecular flexibility index (Phi) is 4.93. The average Bonchev–Trinajstić information content (AvgIpc) is 3.43. The van der Waals surface area contributed by atoms with Crippen LogP contribution in [0.1, 0.15) is 24.0 Å². The zero-order chi connectivity index (χ0) is 18.7. The molecular formula is C20H20FNO4. The molecule has 0 heterocycles. The number of nitrogens with one attached hydrogen (secondary N) is 1. The van der Waals surface area contributed by atoms with Gasteiger partial charge < -0.3 is 15.2 Å². The molecule has 0 aromatic heterocycles. The number of carboxylic acid groups (broad SMARTS) is 1. The van der Waals surface area contributed by atoms with E-state index in [0.717, 1.165) is 5.56 Å². The molecule has 2 N–H and O–H groups in total. The Bertz CT molecular complexity index is 832. The third-order valence-corrected chi connectivity index (χ3v) is 4.74. The van der Waals surface area contributed by atoms with Crippen LogP contribution in [0.2, 0.25) is 0 Å². The number of methoxy groups -OCH3 is 1. The SMILES string of the molecule is COc1cccc(C2(C(=O)N[C@@H](Cc3cccc(F)c3)C(=O)O)CC2)c1. The van der Waals surface area contributed by atoms with Crippen LogP contribution in [0, 0.1) is 5.82 Å². The predicted octanol–water partition coefficient (Wildman–Crippen LogP) is 2.68. The molecule has 1 aliphatic rings. The van der Waals surface area contributed by atoms with Crippen molar-refractivity contribution in [2.24, 2.45) is 0 Å². The lowest BCUT2D eigenvalue weighted by atomic mass is 9.94. The van der Waals surface area contributed by atoms with E-state index in [9.17, 15) is 19.1 Å². The Hall–Kier alpha value is -2.89. The standard InChI is InChI=1S/C20H20FNO4/c1-26-16-7-3-5-14(12-16)20(8-9-20)19(25)22-17(18(23)24)11-13-4-2-6-15(21)10-13/h2-7,10,12,17H,8-9,11H2,1H3,(H,22,25)(H,23,24)/t17-/m0/s1. The fourth-order valence-corrected chi connectivity index (χ4v) is 3.09. The van der Waals surface area contributed by atoms with E-state index in [-0.39, 0.29) is 12.3 Å². The van der Waals surface area contributed by atoms with E-state index in [1.54, 1.807) is 25.3 Å². The molecule has 3 rings (SSSR count). The number of carbonyl (C=O) groups is 2. The van der Waals surface area contributed by atoms with E-state index in [4.69, 9.17) is 4.74 Å². The van der Waals surface area contributed by atoms with Crippen molar-refractivity contribution in [2.75, 3.05) is 7.11 Å². The van der Waals surface area contributed by atoms with Crippen molar-refractivity contribution in [2.45, 2.75) is 30.7 Å². The average molecular weight is 357 g/mol. The van der Waals surface area contributed by atoms with Crippen molar-refractivity contribution in [3.63, 3.8) is 0 Å². The summed E-state index contributed by atoms with van der Waals surface area (Å²) in [6.45, 7) is 0. The van der Waals surface area contributed by atoms with Gasteiger partial charge in [-0.05, 0) is 48.2 Å². The summed E-state index contributed by atoms with van der Waals surface area (Å²) >= 11 is 0. The topological polar surface area (TPSA) is 75.6 Å². The van der Waals surface area contributed by atoms with Crippen LogP contribution < -0.4 is 10.1 Å². The molecule has 1 aliphatic carbocycles. The Labute approximate surface area is 150 Å². The van der Waals surface area contributed by atoms with Crippen LogP contribution in [-0.4, -0.2) is 30.1 Å². The number of hydrogen-bond acceptors (Lipinski definition) is 3. The van der Waals surface area contributed by atoms with E-state index in [2.05, 4.69) is 5.32 Å². The van der Waals surface area contributed by atoms with Gasteiger partial charge in [-0.25, -0.2) is 9.18 Å². The summed E-state index contributed by atoms with van der Waals surface area (Å²) in [4.78, 5) is 24.4. The van der Waals surface area contributed by atoms with Crippen molar-refractivity contribution < 1.29 is 23.8 Å². The molecule has 136 valence electrons. The summed E-state index contributed by atoms with van der Waals surface area (Å²) in [5.41, 5.74) is 0.609. The van der Waals surface area contributed by atoms with Crippen LogP contribution in [0.25, 0.3) is 0 Å². The lowest BCUT2D eigenvalue weighted by Gasteiger charge is -2.20. The number of rotatable bonds is 7. The maximum absolute atomic E-state index is 13.3. The number of halogens is 1. The highest BCUT2D eigenvalue weighted by molar-refractivity contribution is 5.94. The predicted molar refractivity (Wildman–Crippen MR) is 93.6 cm³/mol. The van der Waals surface area contributed by atoms with Gasteiger partial charge in [0.2, 0.25) is 5.91 Å². The Morgan fingerprint density at radius 2 is 1.96 bits per heavy atom. The maximum Gasteiger partial charge on any atom is 0.326 e. The van der Waals surface area contributed by atoms with E-state index in [1.165, 1.54) is 18.2 Å². The molecule has 0 aliphatic heterocycles. The highest BCUT2D eigenvalue weighted by Crippen LogP contribution is 2.49. The highest BCUT2D eigenvalue weighted by Gasteiger charge is 2.52. The van der Waals surface area contributed by atoms with Gasteiger partial charge in [0.25, 0.3) is 0 Å². The van der Waals surface area contributed by atoms with Crippen LogP contribution in [0.15, 0.2) is 48.5 Å². The van der Waals surface area contributed by atoms with Crippen LogP contribution in [-0.2, 0) is 21.4 Å². The molecule has 1 fully saturated rings. The number of carboxylic acids is 1. The molecule has 1 saturated carbocycles. The molecular weight excluding hydrogens is 337 g/mol. The van der Waals surface area contributed by atoms with E-state index in [1.807, 2.05) is 12.1 Å². The van der Waals surface area contributed by atoms with Gasteiger partial charge in [-0.15, -0.1) is 0 Å². The number of amides is 1. The van der Waals surface area contributed by atoms with E-state index in [0.29, 0.717) is 24.2 Å². The van der Waals surface area contributed by atoms with Gasteiger partial charge in [-0.1, -0.05) is 24.3 Å². The smallest absolute Gasteiger partial charge is 0.326 e. The van der Waals surface area contributed by atoms with Gasteiger partial charge in [0.15, 0.2) is 0 Å². The molecule has 0 bridgehead atoms. The largest absolute Gasteiger partial charge is 0.497 e. The number of carbonyl (C=O) groups excluding carboxylic acids is 1. The third-order valence-electron chi connectivity index (χ3n) is 4.74. The van der Waals surface area contributed by atoms with Crippen LogP contribution in [0.5, 0.6) is 5.75 Å². The molecule has 1 amide bonds. The molecule has 26 heavy (non-hydrogen) atoms. The van der Waals surface area contributed by atoms with Crippen molar-refractivity contribution in [3.05, 3.63) is 65.5 Å². The molecule has 2 aromatic rings. The van der Waals surface area contributed by atoms with Gasteiger partial charge >= 0.3 is 5.97 Å². The Balaban J connectivity index is 1.76. The zero-order valence-electron chi connectivity index (χ0n) is 14.4. The summed E-state index contributed by atoms with van der Waals surface area (Å²) in [7, 11) is 1.55. The molecule has 6 heteroatoms. The minimum Gasteiger partial charge on any atom is -0.497 e. The number of hydrogen-bond donors (Lipinski definition) is 2. The van der Waals surface area contributed by atoms with Crippen molar-refractivity contribution in [1.82, 2.24) is 5.32 Å². The monoisotopic (exact) mass is 357 g/mol. The highest BCUT2D eigenvalue weighted by atomic mass is 19.1. The maximum atomic E-state index is 13.3. The van der Waals surface area contributed by atoms with Gasteiger partial charge in [0.05, 0.1) is 12.5 Å². The van der Waals surface area contributed by atoms with Gasteiger partial charge in [0.1, 0.15) is 17.6 Å². The second-order valence-corrected chi connectivity index (χ2v) is 6.51. The Morgan fingerprint density at radius 3 is 2.58 bits per heavy atom. The summed E-state index contributed by atoms with van der Waals surface area (Å²) in [5.74, 6) is -1.26. The molecule has 0 saturated heterocycles. The van der Waals surface area contributed by atoms with E-state index < -0.39 is 23.2 Å². The fraction of sp³-hybridized carbons (Fsp3) is 0.300. The molecule has 0 spiro atoms. The Morgan fingerprint density at radius 1 is 1.23 bits per heavy atom. The molecule has 1 atom stereocenters. The summed E-state index contributed by atoms with van der Waals surface area (Å²) < 4.78 is 18.5.